The predicted octanol–water partition coefficient (Wildman–Crippen LogP) is 2.23. The van der Waals surface area contributed by atoms with Gasteiger partial charge in [0.2, 0.25) is 5.91 Å². The van der Waals surface area contributed by atoms with Gasteiger partial charge >= 0.3 is 0 Å². The normalized spacial score (nSPS) is 12.1. The highest BCUT2D eigenvalue weighted by Crippen LogP contribution is 2.11. The molecule has 0 fully saturated rings. The third-order valence-electron chi connectivity index (χ3n) is 2.68. The van der Waals surface area contributed by atoms with Crippen LogP contribution >= 0.6 is 11.6 Å². The lowest BCUT2D eigenvalue weighted by molar-refractivity contribution is -0.122. The Labute approximate surface area is 118 Å². The van der Waals surface area contributed by atoms with Crippen molar-refractivity contribution in [2.75, 3.05) is 7.05 Å². The van der Waals surface area contributed by atoms with E-state index >= 15 is 0 Å². The van der Waals surface area contributed by atoms with Crippen LogP contribution in [0.1, 0.15) is 30.6 Å². The number of amides is 2. The highest BCUT2D eigenvalue weighted by atomic mass is 35.5. The number of carbonyl (C=O) groups is 2. The van der Waals surface area contributed by atoms with Crippen molar-refractivity contribution in [1.82, 2.24) is 10.6 Å². The van der Waals surface area contributed by atoms with Crippen molar-refractivity contribution in [3.63, 3.8) is 0 Å². The number of hydrogen-bond acceptors (Lipinski definition) is 2. The first kappa shape index (κ1) is 15.5. The Morgan fingerprint density at radius 3 is 2.26 bits per heavy atom. The van der Waals surface area contributed by atoms with Crippen LogP contribution in [0, 0.1) is 5.92 Å². The van der Waals surface area contributed by atoms with Crippen molar-refractivity contribution in [2.24, 2.45) is 5.92 Å². The zero-order valence-corrected chi connectivity index (χ0v) is 12.1. The smallest absolute Gasteiger partial charge is 0.251 e. The van der Waals surface area contributed by atoms with Crippen LogP contribution in [-0.4, -0.2) is 24.9 Å². The molecule has 0 bridgehead atoms. The SMILES string of the molecule is CNC(=O)C(CC(C)C)NC(=O)c1ccc(Cl)cc1. The standard InChI is InChI=1S/C14H19ClN2O2/c1-9(2)8-12(14(19)16-3)17-13(18)10-4-6-11(15)7-5-10/h4-7,9,12H,8H2,1-3H3,(H,16,19)(H,17,18). The molecule has 1 atom stereocenters. The zero-order chi connectivity index (χ0) is 14.4. The number of likely N-dealkylation sites (N-methyl/N-ethyl adjacent to an activating group) is 1. The fraction of sp³-hybridized carbons (Fsp3) is 0.429. The van der Waals surface area contributed by atoms with Gasteiger partial charge < -0.3 is 10.6 Å². The lowest BCUT2D eigenvalue weighted by atomic mass is 10.0. The summed E-state index contributed by atoms with van der Waals surface area (Å²) in [6.07, 6.45) is 0.596. The van der Waals surface area contributed by atoms with E-state index in [-0.39, 0.29) is 11.8 Å². The highest BCUT2D eigenvalue weighted by molar-refractivity contribution is 6.30. The molecule has 0 saturated carbocycles. The summed E-state index contributed by atoms with van der Waals surface area (Å²) in [6, 6.07) is 6.04. The van der Waals surface area contributed by atoms with E-state index in [1.807, 2.05) is 13.8 Å². The molecule has 5 heteroatoms. The Kier molecular flexibility index (Phi) is 5.83. The van der Waals surface area contributed by atoms with E-state index in [9.17, 15) is 9.59 Å². The molecule has 0 aliphatic rings. The lowest BCUT2D eigenvalue weighted by Gasteiger charge is -2.19. The molecule has 0 radical (unpaired) electrons. The van der Waals surface area contributed by atoms with Crippen LogP contribution in [0.5, 0.6) is 0 Å². The van der Waals surface area contributed by atoms with Crippen LogP contribution in [0.2, 0.25) is 5.02 Å². The van der Waals surface area contributed by atoms with Gasteiger partial charge in [0.25, 0.3) is 5.91 Å². The second kappa shape index (κ2) is 7.14. The van der Waals surface area contributed by atoms with E-state index < -0.39 is 6.04 Å². The van der Waals surface area contributed by atoms with Gasteiger partial charge in [-0.2, -0.15) is 0 Å². The van der Waals surface area contributed by atoms with Crippen LogP contribution < -0.4 is 10.6 Å². The molecule has 19 heavy (non-hydrogen) atoms. The van der Waals surface area contributed by atoms with E-state index in [0.717, 1.165) is 0 Å². The van der Waals surface area contributed by atoms with Gasteiger partial charge in [-0.05, 0) is 36.6 Å². The molecule has 1 unspecified atom stereocenters. The number of halogens is 1. The van der Waals surface area contributed by atoms with E-state index in [1.165, 1.54) is 0 Å². The van der Waals surface area contributed by atoms with Crippen LogP contribution in [-0.2, 0) is 4.79 Å². The fourth-order valence-electron chi connectivity index (χ4n) is 1.72. The van der Waals surface area contributed by atoms with Crippen LogP contribution in [0.15, 0.2) is 24.3 Å². The molecule has 0 aromatic heterocycles. The fourth-order valence-corrected chi connectivity index (χ4v) is 1.85. The molecule has 1 aromatic rings. The minimum atomic E-state index is -0.520. The second-order valence-electron chi connectivity index (χ2n) is 4.78. The number of rotatable bonds is 5. The summed E-state index contributed by atoms with van der Waals surface area (Å²) >= 11 is 5.77. The molecule has 0 saturated heterocycles. The molecule has 1 aromatic carbocycles. The molecule has 0 spiro atoms. The number of benzene rings is 1. The van der Waals surface area contributed by atoms with Crippen molar-refractivity contribution in [1.29, 1.82) is 0 Å². The van der Waals surface area contributed by atoms with Gasteiger partial charge in [-0.1, -0.05) is 25.4 Å². The number of carbonyl (C=O) groups excluding carboxylic acids is 2. The largest absolute Gasteiger partial charge is 0.357 e. The molecule has 4 nitrogen and oxygen atoms in total. The minimum Gasteiger partial charge on any atom is -0.357 e. The van der Waals surface area contributed by atoms with Crippen molar-refractivity contribution >= 4 is 23.4 Å². The van der Waals surface area contributed by atoms with Gasteiger partial charge in [0.05, 0.1) is 0 Å². The summed E-state index contributed by atoms with van der Waals surface area (Å²) in [5, 5.41) is 5.87. The van der Waals surface area contributed by atoms with Crippen molar-refractivity contribution in [2.45, 2.75) is 26.3 Å². The van der Waals surface area contributed by atoms with Gasteiger partial charge in [0.15, 0.2) is 0 Å². The Hall–Kier alpha value is -1.55. The van der Waals surface area contributed by atoms with E-state index in [1.54, 1.807) is 31.3 Å². The monoisotopic (exact) mass is 282 g/mol. The summed E-state index contributed by atoms with van der Waals surface area (Å²) in [5.74, 6) is -0.144. The molecular formula is C14H19ClN2O2. The summed E-state index contributed by atoms with van der Waals surface area (Å²) in [6.45, 7) is 4.01. The zero-order valence-electron chi connectivity index (χ0n) is 11.4. The topological polar surface area (TPSA) is 58.2 Å². The quantitative estimate of drug-likeness (QED) is 0.870. The minimum absolute atomic E-state index is 0.184. The van der Waals surface area contributed by atoms with Crippen LogP contribution in [0.3, 0.4) is 0 Å². The van der Waals surface area contributed by atoms with E-state index in [2.05, 4.69) is 10.6 Å². The molecular weight excluding hydrogens is 264 g/mol. The van der Waals surface area contributed by atoms with Gasteiger partial charge in [0, 0.05) is 17.6 Å². The molecule has 2 N–H and O–H groups in total. The Morgan fingerprint density at radius 2 is 1.79 bits per heavy atom. The molecule has 2 amide bonds. The molecule has 104 valence electrons. The third-order valence-corrected chi connectivity index (χ3v) is 2.93. The Balaban J connectivity index is 2.75. The summed E-state index contributed by atoms with van der Waals surface area (Å²) in [5.41, 5.74) is 0.488. The van der Waals surface area contributed by atoms with Crippen LogP contribution in [0.4, 0.5) is 0 Å². The Morgan fingerprint density at radius 1 is 1.21 bits per heavy atom. The number of nitrogens with one attached hydrogen (secondary N) is 2. The molecule has 1 rings (SSSR count). The average Bonchev–Trinajstić information content (AvgIpc) is 2.37. The molecule has 0 aliphatic carbocycles. The average molecular weight is 283 g/mol. The van der Waals surface area contributed by atoms with E-state index in [0.29, 0.717) is 22.9 Å². The summed E-state index contributed by atoms with van der Waals surface area (Å²) < 4.78 is 0. The van der Waals surface area contributed by atoms with Gasteiger partial charge in [-0.3, -0.25) is 9.59 Å². The second-order valence-corrected chi connectivity index (χ2v) is 5.21. The van der Waals surface area contributed by atoms with Crippen molar-refractivity contribution in [3.8, 4) is 0 Å². The summed E-state index contributed by atoms with van der Waals surface area (Å²) in [7, 11) is 1.56. The maximum Gasteiger partial charge on any atom is 0.251 e. The Bertz CT molecular complexity index is 443. The van der Waals surface area contributed by atoms with Crippen LogP contribution in [0.25, 0.3) is 0 Å². The summed E-state index contributed by atoms with van der Waals surface area (Å²) in [4.78, 5) is 23.8. The van der Waals surface area contributed by atoms with E-state index in [4.69, 9.17) is 11.6 Å². The van der Waals surface area contributed by atoms with Crippen molar-refractivity contribution in [3.05, 3.63) is 34.9 Å². The maximum atomic E-state index is 12.0. The first-order valence-corrected chi connectivity index (χ1v) is 6.60. The van der Waals surface area contributed by atoms with Crippen molar-refractivity contribution < 1.29 is 9.59 Å². The van der Waals surface area contributed by atoms with Gasteiger partial charge in [-0.15, -0.1) is 0 Å². The maximum absolute atomic E-state index is 12.0. The first-order valence-electron chi connectivity index (χ1n) is 6.22. The first-order chi connectivity index (χ1) is 8.93. The van der Waals surface area contributed by atoms with Gasteiger partial charge in [-0.25, -0.2) is 0 Å². The number of hydrogen-bond donors (Lipinski definition) is 2. The lowest BCUT2D eigenvalue weighted by Crippen LogP contribution is -2.46. The molecule has 0 heterocycles. The van der Waals surface area contributed by atoms with Gasteiger partial charge in [0.1, 0.15) is 6.04 Å². The molecule has 0 aliphatic heterocycles. The highest BCUT2D eigenvalue weighted by Gasteiger charge is 2.21. The predicted molar refractivity (Wildman–Crippen MR) is 76.2 cm³/mol. The third kappa shape index (κ3) is 4.91.